The topological polar surface area (TPSA) is 164 Å². The molecule has 2 amide bonds. The molecule has 5 aromatic carbocycles. The van der Waals surface area contributed by atoms with Gasteiger partial charge in [0.15, 0.2) is 5.78 Å². The number of aromatic nitrogens is 1. The van der Waals surface area contributed by atoms with Crippen LogP contribution in [0, 0.1) is 0 Å². The van der Waals surface area contributed by atoms with Gasteiger partial charge >= 0.3 is 6.09 Å². The zero-order chi connectivity index (χ0) is 43.6. The second-order valence-electron chi connectivity index (χ2n) is 16.0. The van der Waals surface area contributed by atoms with Gasteiger partial charge in [0.2, 0.25) is 11.5 Å². The van der Waals surface area contributed by atoms with Crippen LogP contribution < -0.4 is 21.1 Å². The number of phenols is 1. The number of pyridine rings is 1. The summed E-state index contributed by atoms with van der Waals surface area (Å²) in [7, 11) is 1.73. The number of fused-ring (bicyclic) bond motifs is 1. The molecule has 1 unspecified atom stereocenters. The van der Waals surface area contributed by atoms with Gasteiger partial charge in [-0.1, -0.05) is 98.4 Å². The third kappa shape index (κ3) is 12.1. The number of hydrogen-bond acceptors (Lipinski definition) is 9. The number of ketones is 1. The normalized spacial score (nSPS) is 14.0. The first-order valence-electron chi connectivity index (χ1n) is 21.1. The highest BCUT2D eigenvalue weighted by Gasteiger charge is 2.24. The van der Waals surface area contributed by atoms with Gasteiger partial charge < -0.3 is 35.1 Å². The van der Waals surface area contributed by atoms with Crippen LogP contribution in [-0.2, 0) is 22.4 Å². The molecule has 2 atom stereocenters. The number of anilines is 2. The van der Waals surface area contributed by atoms with E-state index in [1.165, 1.54) is 12.1 Å². The molecule has 328 valence electrons. The van der Waals surface area contributed by atoms with Crippen molar-refractivity contribution in [1.82, 2.24) is 15.2 Å². The largest absolute Gasteiger partial charge is 0.506 e. The van der Waals surface area contributed by atoms with Crippen molar-refractivity contribution < 1.29 is 29.3 Å². The second kappa shape index (κ2) is 21.5. The van der Waals surface area contributed by atoms with Gasteiger partial charge in [-0.15, -0.1) is 0 Å². The Hall–Kier alpha value is -6.60. The summed E-state index contributed by atoms with van der Waals surface area (Å²) in [6.45, 7) is 4.32. The van der Waals surface area contributed by atoms with Gasteiger partial charge in [-0.2, -0.15) is 0 Å². The molecule has 12 nitrogen and oxygen atoms in total. The predicted molar refractivity (Wildman–Crippen MR) is 249 cm³/mol. The van der Waals surface area contributed by atoms with Crippen LogP contribution in [0.3, 0.4) is 0 Å². The number of amides is 2. The van der Waals surface area contributed by atoms with E-state index in [9.17, 15) is 29.4 Å². The van der Waals surface area contributed by atoms with Crippen LogP contribution in [0.5, 0.6) is 5.75 Å². The molecule has 0 radical (unpaired) electrons. The van der Waals surface area contributed by atoms with Crippen molar-refractivity contribution >= 4 is 40.1 Å². The number of hydrogen-bond donors (Lipinski definition) is 5. The average Bonchev–Trinajstić information content (AvgIpc) is 3.29. The van der Waals surface area contributed by atoms with Crippen LogP contribution in [0.2, 0.25) is 0 Å². The Balaban J connectivity index is 0.00000661. The molecule has 7 rings (SSSR count). The second-order valence-corrected chi connectivity index (χ2v) is 16.0. The lowest BCUT2D eigenvalue weighted by Crippen LogP contribution is -2.40. The van der Waals surface area contributed by atoms with Gasteiger partial charge in [-0.25, -0.2) is 4.79 Å². The van der Waals surface area contributed by atoms with Crippen molar-refractivity contribution in [3.05, 3.63) is 160 Å². The number of rotatable bonds is 16. The quantitative estimate of drug-likeness (QED) is 0.0603. The van der Waals surface area contributed by atoms with Crippen LogP contribution in [0.4, 0.5) is 16.2 Å². The van der Waals surface area contributed by atoms with E-state index in [0.717, 1.165) is 22.3 Å². The number of ether oxygens (including phenoxy) is 1. The van der Waals surface area contributed by atoms with Gasteiger partial charge in [-0.05, 0) is 78.8 Å². The van der Waals surface area contributed by atoms with E-state index in [2.05, 4.69) is 20.5 Å². The fourth-order valence-corrected chi connectivity index (χ4v) is 7.94. The molecular formula is C51H57N5O7. The molecule has 1 aromatic heterocycles. The zero-order valence-electron chi connectivity index (χ0n) is 35.1. The molecule has 6 aromatic rings. The average molecular weight is 852 g/mol. The summed E-state index contributed by atoms with van der Waals surface area (Å²) in [5, 5.41) is 28.0. The fraction of sp³-hybridized carbons (Fsp3) is 0.294. The number of carbonyl (C=O) groups excluding carboxylic acids is 3. The number of nitrogens with zero attached hydrogens (tertiary/aromatic N) is 2. The minimum Gasteiger partial charge on any atom is -0.506 e. The summed E-state index contributed by atoms with van der Waals surface area (Å²) in [5.74, 6) is -0.151. The molecule has 1 aliphatic heterocycles. The lowest BCUT2D eigenvalue weighted by atomic mass is 9.99. The maximum Gasteiger partial charge on any atom is 0.411 e. The molecule has 1 fully saturated rings. The monoisotopic (exact) mass is 851 g/mol. The van der Waals surface area contributed by atoms with Crippen molar-refractivity contribution in [1.29, 1.82) is 0 Å². The molecule has 2 heterocycles. The van der Waals surface area contributed by atoms with Crippen molar-refractivity contribution in [2.45, 2.75) is 64.7 Å². The Kier molecular flexibility index (Phi) is 15.6. The van der Waals surface area contributed by atoms with Crippen LogP contribution in [0.1, 0.15) is 66.8 Å². The van der Waals surface area contributed by atoms with E-state index in [-0.39, 0.29) is 55.5 Å². The summed E-state index contributed by atoms with van der Waals surface area (Å²) >= 11 is 0. The van der Waals surface area contributed by atoms with E-state index in [1.54, 1.807) is 42.3 Å². The summed E-state index contributed by atoms with van der Waals surface area (Å²) in [6.07, 6.45) is 1.05. The number of phenolic OH excluding ortho intramolecular Hbond substituents is 1. The van der Waals surface area contributed by atoms with Crippen molar-refractivity contribution in [2.24, 2.45) is 0 Å². The Morgan fingerprint density at radius 1 is 0.873 bits per heavy atom. The SMILES string of the molecule is C.CC(Cc1ccc(CC(=O)c2cccc(N(C)C(=O)CCN3CCC(OC(=O)Nc4ccccc4-c4ccccc4)CC3)c2)cc1)NC[C@H](O)c1ccc(O)c2[nH]c(=O)ccc12. The van der Waals surface area contributed by atoms with Gasteiger partial charge in [-0.3, -0.25) is 19.7 Å². The molecule has 0 saturated carbocycles. The van der Waals surface area contributed by atoms with Crippen molar-refractivity contribution in [3.63, 3.8) is 0 Å². The molecule has 1 saturated heterocycles. The number of aliphatic hydroxyl groups is 1. The summed E-state index contributed by atoms with van der Waals surface area (Å²) < 4.78 is 5.78. The lowest BCUT2D eigenvalue weighted by Gasteiger charge is -2.31. The maximum absolute atomic E-state index is 13.4. The summed E-state index contributed by atoms with van der Waals surface area (Å²) in [4.78, 5) is 57.7. The van der Waals surface area contributed by atoms with Crippen molar-refractivity contribution in [3.8, 4) is 16.9 Å². The Morgan fingerprint density at radius 2 is 1.59 bits per heavy atom. The smallest absolute Gasteiger partial charge is 0.411 e. The highest BCUT2D eigenvalue weighted by molar-refractivity contribution is 6.00. The van der Waals surface area contributed by atoms with E-state index in [4.69, 9.17) is 4.74 Å². The molecule has 0 aliphatic carbocycles. The molecule has 12 heteroatoms. The number of Topliss-reactive ketones (excluding diaryl/α,β-unsaturated/α-hetero) is 1. The van der Waals surface area contributed by atoms with Gasteiger partial charge in [0, 0.05) is 80.4 Å². The number of nitrogens with one attached hydrogen (secondary N) is 3. The van der Waals surface area contributed by atoms with Gasteiger partial charge in [0.1, 0.15) is 11.9 Å². The van der Waals surface area contributed by atoms with E-state index >= 15 is 0 Å². The number of piperidine rings is 1. The molecular weight excluding hydrogens is 795 g/mol. The van der Waals surface area contributed by atoms with Crippen molar-refractivity contribution in [2.75, 3.05) is 43.4 Å². The molecule has 1 aliphatic rings. The Bertz CT molecular complexity index is 2550. The molecule has 0 bridgehead atoms. The minimum absolute atomic E-state index is 0. The predicted octanol–water partition coefficient (Wildman–Crippen LogP) is 8.28. The minimum atomic E-state index is -0.856. The maximum atomic E-state index is 13.4. The number of aromatic hydroxyl groups is 1. The summed E-state index contributed by atoms with van der Waals surface area (Å²) in [5.41, 5.74) is 6.34. The number of aromatic amines is 1. The summed E-state index contributed by atoms with van der Waals surface area (Å²) in [6, 6.07) is 38.7. The first kappa shape index (κ1) is 45.9. The van der Waals surface area contributed by atoms with E-state index in [0.29, 0.717) is 78.7 Å². The Labute approximate surface area is 368 Å². The third-order valence-electron chi connectivity index (χ3n) is 11.5. The first-order valence-corrected chi connectivity index (χ1v) is 21.1. The third-order valence-corrected chi connectivity index (χ3v) is 11.5. The molecule has 63 heavy (non-hydrogen) atoms. The number of carbonyl (C=O) groups is 3. The number of H-pyrrole nitrogens is 1. The first-order chi connectivity index (χ1) is 30.0. The lowest BCUT2D eigenvalue weighted by molar-refractivity contribution is -0.118. The zero-order valence-corrected chi connectivity index (χ0v) is 35.1. The number of aliphatic hydroxyl groups excluding tert-OH is 1. The number of para-hydroxylation sites is 1. The van der Waals surface area contributed by atoms with Crippen LogP contribution in [-0.4, -0.2) is 83.3 Å². The number of benzene rings is 5. The van der Waals surface area contributed by atoms with Gasteiger partial charge in [0.05, 0.1) is 17.3 Å². The Morgan fingerprint density at radius 3 is 2.35 bits per heavy atom. The standard InChI is InChI=1S/C50H53N5O7.CH4/c1-33(51-32-46(58)41-19-21-44(56)49-42(41)20-22-47(59)53-49)29-34-15-17-35(18-16-34)30-45(57)37-11-8-12-38(31-37)54(2)48(60)25-28-55-26-23-39(24-27-55)62-50(61)52-43-14-7-6-13-40(43)36-9-4-3-5-10-36;/h3-22,31,33,39,46,51,56,58H,23-30,32H2,1-2H3,(H,52,61)(H,53,59);1H4/t33?,46-;/m0./s1. The highest BCUT2D eigenvalue weighted by Crippen LogP contribution is 2.30. The molecule has 0 spiro atoms. The van der Waals surface area contributed by atoms with Crippen LogP contribution in [0.25, 0.3) is 22.0 Å². The van der Waals surface area contributed by atoms with Crippen LogP contribution in [0.15, 0.2) is 132 Å². The van der Waals surface area contributed by atoms with E-state index < -0.39 is 12.2 Å². The number of likely N-dealkylation sites (tertiary alicyclic amines) is 1. The fourth-order valence-electron chi connectivity index (χ4n) is 7.94. The van der Waals surface area contributed by atoms with E-state index in [1.807, 2.05) is 91.9 Å². The highest BCUT2D eigenvalue weighted by atomic mass is 16.6. The molecule has 5 N–H and O–H groups in total. The van der Waals surface area contributed by atoms with Crippen LogP contribution >= 0.6 is 0 Å². The van der Waals surface area contributed by atoms with Gasteiger partial charge in [0.25, 0.3) is 0 Å².